The van der Waals surface area contributed by atoms with Crippen LogP contribution in [0.4, 0.5) is 5.69 Å². The van der Waals surface area contributed by atoms with E-state index in [9.17, 15) is 9.90 Å². The van der Waals surface area contributed by atoms with E-state index < -0.39 is 11.7 Å². The molecule has 0 aliphatic heterocycles. The molecule has 2 aromatic carbocycles. The summed E-state index contributed by atoms with van der Waals surface area (Å²) in [4.78, 5) is 18.8. The maximum Gasteiger partial charge on any atom is 0.312 e. The zero-order valence-electron chi connectivity index (χ0n) is 16.7. The van der Waals surface area contributed by atoms with Crippen molar-refractivity contribution >= 4 is 44.6 Å². The van der Waals surface area contributed by atoms with E-state index in [0.717, 1.165) is 28.2 Å². The first-order valence-electron chi connectivity index (χ1n) is 9.58. The minimum atomic E-state index is -0.831. The van der Waals surface area contributed by atoms with Crippen LogP contribution in [-0.4, -0.2) is 16.0 Å². The third-order valence-corrected chi connectivity index (χ3v) is 6.41. The fourth-order valence-electron chi connectivity index (χ4n) is 3.35. The van der Waals surface area contributed by atoms with Gasteiger partial charge in [-0.1, -0.05) is 41.4 Å². The summed E-state index contributed by atoms with van der Waals surface area (Å²) in [5.41, 5.74) is 9.50. The lowest BCUT2D eigenvalue weighted by Gasteiger charge is -2.01. The fraction of sp³-hybridized carbons (Fsp3) is 0.0435. The van der Waals surface area contributed by atoms with E-state index in [1.165, 1.54) is 4.68 Å². The Hall–Kier alpha value is -3.75. The monoisotopic (exact) mass is 462 g/mol. The second-order valence-corrected chi connectivity index (χ2v) is 8.62. The molecule has 0 amide bonds. The topological polar surface area (TPSA) is 109 Å². The molecule has 0 saturated heterocycles. The van der Waals surface area contributed by atoms with Gasteiger partial charge in [0.25, 0.3) is 5.78 Å². The van der Waals surface area contributed by atoms with Crippen LogP contribution in [0.1, 0.15) is 20.9 Å². The summed E-state index contributed by atoms with van der Waals surface area (Å²) < 4.78 is 5.99. The summed E-state index contributed by atoms with van der Waals surface area (Å²) in [6.45, 7) is 1.94. The average Bonchev–Trinajstić information content (AvgIpc) is 3.34. The number of hydrogen-bond acceptors (Lipinski definition) is 7. The molecular formula is C23H15ClN4O3S. The van der Waals surface area contributed by atoms with E-state index in [1.807, 2.05) is 43.3 Å². The summed E-state index contributed by atoms with van der Waals surface area (Å²) in [6, 6.07) is 18.2. The molecule has 7 nitrogen and oxygen atoms in total. The number of pyridine rings is 1. The molecule has 3 heterocycles. The Morgan fingerprint density at radius 3 is 2.53 bits per heavy atom. The van der Waals surface area contributed by atoms with Gasteiger partial charge in [0.2, 0.25) is 5.69 Å². The molecule has 0 aliphatic rings. The number of nitrogen functional groups attached to an aromatic ring is 1. The van der Waals surface area contributed by atoms with E-state index in [4.69, 9.17) is 21.9 Å². The van der Waals surface area contributed by atoms with Gasteiger partial charge in [-0.05, 0) is 35.9 Å². The molecule has 0 unspecified atom stereocenters. The summed E-state index contributed by atoms with van der Waals surface area (Å²) >= 11 is 7.09. The van der Waals surface area contributed by atoms with Crippen LogP contribution in [0.15, 0.2) is 65.2 Å². The summed E-state index contributed by atoms with van der Waals surface area (Å²) in [5.74, 6) is -1.40. The molecule has 0 fully saturated rings. The van der Waals surface area contributed by atoms with Crippen LogP contribution in [0.25, 0.3) is 27.2 Å². The quantitative estimate of drug-likeness (QED) is 0.318. The van der Waals surface area contributed by atoms with Crippen LogP contribution in [-0.2, 0) is 0 Å². The Morgan fingerprint density at radius 2 is 1.81 bits per heavy atom. The van der Waals surface area contributed by atoms with Crippen molar-refractivity contribution in [3.8, 4) is 22.9 Å². The van der Waals surface area contributed by atoms with Crippen LogP contribution >= 0.6 is 22.9 Å². The Bertz CT molecular complexity index is 1470. The number of nitrogens with zero attached hydrogens (tertiary/aromatic N) is 3. The van der Waals surface area contributed by atoms with E-state index in [-0.39, 0.29) is 16.3 Å². The molecule has 158 valence electrons. The molecule has 0 bridgehead atoms. The van der Waals surface area contributed by atoms with Gasteiger partial charge in [-0.3, -0.25) is 4.79 Å². The number of halogens is 1. The van der Waals surface area contributed by atoms with E-state index in [2.05, 4.69) is 10.3 Å². The first-order valence-corrected chi connectivity index (χ1v) is 10.8. The molecular weight excluding hydrogens is 448 g/mol. The number of hydrogen-bond donors (Lipinski definition) is 1. The van der Waals surface area contributed by atoms with Gasteiger partial charge < -0.3 is 15.4 Å². The highest BCUT2D eigenvalue weighted by molar-refractivity contribution is 7.21. The maximum atomic E-state index is 13.3. The van der Waals surface area contributed by atoms with Crippen LogP contribution in [0.3, 0.4) is 0 Å². The van der Waals surface area contributed by atoms with E-state index >= 15 is 0 Å². The van der Waals surface area contributed by atoms with Crippen molar-refractivity contribution in [2.75, 3.05) is 5.73 Å². The Kier molecular flexibility index (Phi) is 4.88. The van der Waals surface area contributed by atoms with Crippen molar-refractivity contribution in [3.63, 3.8) is 0 Å². The summed E-state index contributed by atoms with van der Waals surface area (Å²) in [5, 5.41) is 17.4. The standard InChI is InChI=1S/C23H15ClN4O3S/c1-12-2-8-15(9-3-12)28-19(23(30)31-27-28)20(29)21-18(25)16-10-11-17(26-22(16)32-21)13-4-6-14(24)7-5-13/h2-11H,1H3,(H2-,25,27,29,30). The van der Waals surface area contributed by atoms with Crippen LogP contribution in [0.5, 0.6) is 5.95 Å². The highest BCUT2D eigenvalue weighted by Crippen LogP contribution is 2.36. The summed E-state index contributed by atoms with van der Waals surface area (Å²) in [6.07, 6.45) is 0. The number of anilines is 1. The number of carbonyl (C=O) groups excluding carboxylic acids is 1. The van der Waals surface area contributed by atoms with Gasteiger partial charge in [-0.2, -0.15) is 0 Å². The van der Waals surface area contributed by atoms with Crippen LogP contribution in [0, 0.1) is 6.92 Å². The van der Waals surface area contributed by atoms with Crippen LogP contribution in [0.2, 0.25) is 5.02 Å². The molecule has 0 aliphatic carbocycles. The van der Waals surface area contributed by atoms with Gasteiger partial charge in [0.1, 0.15) is 9.71 Å². The van der Waals surface area contributed by atoms with Gasteiger partial charge in [0.05, 0.1) is 16.7 Å². The van der Waals surface area contributed by atoms with Gasteiger partial charge in [-0.15, -0.1) is 11.3 Å². The number of aryl methyl sites for hydroxylation is 1. The van der Waals surface area contributed by atoms with Gasteiger partial charge in [0.15, 0.2) is 5.95 Å². The van der Waals surface area contributed by atoms with Crippen molar-refractivity contribution in [3.05, 3.63) is 81.8 Å². The molecule has 0 radical (unpaired) electrons. The van der Waals surface area contributed by atoms with Crippen molar-refractivity contribution < 1.29 is 19.1 Å². The lowest BCUT2D eigenvalue weighted by atomic mass is 10.1. The molecule has 2 N–H and O–H groups in total. The number of benzene rings is 2. The third-order valence-electron chi connectivity index (χ3n) is 5.04. The Morgan fingerprint density at radius 1 is 1.09 bits per heavy atom. The smallest absolute Gasteiger partial charge is 0.312 e. The zero-order valence-corrected chi connectivity index (χ0v) is 18.3. The van der Waals surface area contributed by atoms with Crippen molar-refractivity contribution in [1.29, 1.82) is 0 Å². The fourth-order valence-corrected chi connectivity index (χ4v) is 4.51. The number of thiophene rings is 1. The minimum absolute atomic E-state index is 0.210. The summed E-state index contributed by atoms with van der Waals surface area (Å²) in [7, 11) is 0. The lowest BCUT2D eigenvalue weighted by molar-refractivity contribution is -0.672. The molecule has 0 atom stereocenters. The van der Waals surface area contributed by atoms with Crippen molar-refractivity contribution in [1.82, 2.24) is 10.3 Å². The third kappa shape index (κ3) is 3.39. The highest BCUT2D eigenvalue weighted by atomic mass is 35.5. The second-order valence-electron chi connectivity index (χ2n) is 7.19. The SMILES string of the molecule is Cc1ccc(-[n+]2noc([O-])c2C(=O)c2sc3nc(-c4ccc(Cl)cc4)ccc3c2N)cc1. The zero-order chi connectivity index (χ0) is 22.4. The predicted molar refractivity (Wildman–Crippen MR) is 120 cm³/mol. The largest absolute Gasteiger partial charge is 0.539 e. The number of carbonyl (C=O) groups is 1. The van der Waals surface area contributed by atoms with Gasteiger partial charge in [0, 0.05) is 28.1 Å². The number of fused-ring (bicyclic) bond motifs is 1. The molecule has 5 rings (SSSR count). The van der Waals surface area contributed by atoms with Gasteiger partial charge in [-0.25, -0.2) is 4.98 Å². The molecule has 32 heavy (non-hydrogen) atoms. The molecule has 9 heteroatoms. The average molecular weight is 463 g/mol. The van der Waals surface area contributed by atoms with E-state index in [0.29, 0.717) is 20.9 Å². The normalized spacial score (nSPS) is 11.2. The number of rotatable bonds is 4. The maximum absolute atomic E-state index is 13.3. The highest BCUT2D eigenvalue weighted by Gasteiger charge is 2.32. The van der Waals surface area contributed by atoms with Crippen molar-refractivity contribution in [2.24, 2.45) is 0 Å². The molecule has 0 spiro atoms. The second kappa shape index (κ2) is 7.74. The Labute approximate surface area is 191 Å². The lowest BCUT2D eigenvalue weighted by Crippen LogP contribution is -2.39. The first kappa shape index (κ1) is 20.2. The van der Waals surface area contributed by atoms with E-state index in [1.54, 1.807) is 24.3 Å². The number of aromatic nitrogens is 3. The predicted octanol–water partition coefficient (Wildman–Crippen LogP) is 4.08. The first-order chi connectivity index (χ1) is 15.4. The molecule has 5 aromatic rings. The number of ketones is 1. The molecule has 3 aromatic heterocycles. The van der Waals surface area contributed by atoms with Crippen LogP contribution < -0.4 is 15.5 Å². The minimum Gasteiger partial charge on any atom is -0.539 e. The molecule has 0 saturated carbocycles. The Balaban J connectivity index is 1.59. The number of nitrogens with two attached hydrogens (primary N) is 1. The van der Waals surface area contributed by atoms with Crippen molar-refractivity contribution in [2.45, 2.75) is 6.92 Å². The van der Waals surface area contributed by atoms with Gasteiger partial charge >= 0.3 is 5.69 Å².